The second kappa shape index (κ2) is 3.86. The van der Waals surface area contributed by atoms with Crippen molar-refractivity contribution in [1.29, 1.82) is 0 Å². The Bertz CT molecular complexity index is 644. The number of nitrogens with one attached hydrogen (secondary N) is 1. The highest BCUT2D eigenvalue weighted by molar-refractivity contribution is 5.84. The number of anilines is 2. The maximum atomic E-state index is 4.29. The molecule has 0 fully saturated rings. The highest BCUT2D eigenvalue weighted by Gasteiger charge is 2.07. The monoisotopic (exact) mass is 225 g/mol. The number of hydrogen-bond acceptors (Lipinski definition) is 4. The van der Waals surface area contributed by atoms with Crippen LogP contribution in [-0.2, 0) is 7.05 Å². The molecule has 0 aliphatic rings. The first-order chi connectivity index (χ1) is 8.34. The van der Waals surface area contributed by atoms with Crippen molar-refractivity contribution in [2.45, 2.75) is 0 Å². The van der Waals surface area contributed by atoms with E-state index in [4.69, 9.17) is 0 Å². The van der Waals surface area contributed by atoms with E-state index in [0.29, 0.717) is 0 Å². The summed E-state index contributed by atoms with van der Waals surface area (Å²) in [4.78, 5) is 12.7. The Morgan fingerprint density at radius 1 is 1.06 bits per heavy atom. The number of fused-ring (bicyclic) bond motifs is 1. The van der Waals surface area contributed by atoms with Crippen molar-refractivity contribution in [3.8, 4) is 0 Å². The molecule has 2 aromatic heterocycles. The first-order valence-corrected chi connectivity index (χ1v) is 5.29. The Hall–Kier alpha value is -2.43. The third kappa shape index (κ3) is 1.71. The van der Waals surface area contributed by atoms with E-state index >= 15 is 0 Å². The molecule has 0 saturated heterocycles. The van der Waals surface area contributed by atoms with Crippen LogP contribution in [0.15, 0.2) is 43.0 Å². The number of rotatable bonds is 2. The van der Waals surface area contributed by atoms with Gasteiger partial charge in [-0.3, -0.25) is 0 Å². The van der Waals surface area contributed by atoms with Crippen LogP contribution in [0.3, 0.4) is 0 Å². The van der Waals surface area contributed by atoms with Crippen molar-refractivity contribution in [2.24, 2.45) is 7.05 Å². The Morgan fingerprint density at radius 3 is 2.71 bits per heavy atom. The fourth-order valence-corrected chi connectivity index (χ4v) is 1.70. The summed E-state index contributed by atoms with van der Waals surface area (Å²) < 4.78 is 1.87. The average Bonchev–Trinajstić information content (AvgIpc) is 2.74. The van der Waals surface area contributed by atoms with Gasteiger partial charge in [0.15, 0.2) is 17.0 Å². The van der Waals surface area contributed by atoms with Crippen LogP contribution in [-0.4, -0.2) is 19.5 Å². The number of imidazole rings is 1. The molecule has 1 N–H and O–H groups in total. The second-order valence-electron chi connectivity index (χ2n) is 3.74. The first-order valence-electron chi connectivity index (χ1n) is 5.29. The van der Waals surface area contributed by atoms with E-state index in [1.54, 1.807) is 6.33 Å². The van der Waals surface area contributed by atoms with Gasteiger partial charge >= 0.3 is 0 Å². The lowest BCUT2D eigenvalue weighted by atomic mass is 10.3. The van der Waals surface area contributed by atoms with Crippen LogP contribution < -0.4 is 5.32 Å². The predicted octanol–water partition coefficient (Wildman–Crippen LogP) is 2.11. The molecule has 84 valence electrons. The molecular formula is C12H11N5. The molecule has 0 saturated carbocycles. The molecular weight excluding hydrogens is 214 g/mol. The number of hydrogen-bond donors (Lipinski definition) is 1. The molecule has 5 heteroatoms. The zero-order valence-corrected chi connectivity index (χ0v) is 9.33. The SMILES string of the molecule is Cn1cnc2c(Nc3ccccc3)ncnc21. The molecule has 0 atom stereocenters. The van der Waals surface area contributed by atoms with Crippen LogP contribution in [0.2, 0.25) is 0 Å². The maximum Gasteiger partial charge on any atom is 0.165 e. The quantitative estimate of drug-likeness (QED) is 0.725. The Morgan fingerprint density at radius 2 is 1.88 bits per heavy atom. The highest BCUT2D eigenvalue weighted by atomic mass is 15.1. The summed E-state index contributed by atoms with van der Waals surface area (Å²) in [7, 11) is 1.91. The Labute approximate surface area is 98.2 Å². The molecule has 17 heavy (non-hydrogen) atoms. The zero-order valence-electron chi connectivity index (χ0n) is 9.33. The summed E-state index contributed by atoms with van der Waals surface area (Å²) in [5, 5.41) is 3.23. The van der Waals surface area contributed by atoms with Gasteiger partial charge in [-0.15, -0.1) is 0 Å². The number of benzene rings is 1. The van der Waals surface area contributed by atoms with E-state index in [2.05, 4.69) is 20.3 Å². The second-order valence-corrected chi connectivity index (χ2v) is 3.74. The van der Waals surface area contributed by atoms with Gasteiger partial charge in [-0.05, 0) is 12.1 Å². The van der Waals surface area contributed by atoms with Gasteiger partial charge in [-0.2, -0.15) is 0 Å². The molecule has 2 heterocycles. The van der Waals surface area contributed by atoms with Crippen molar-refractivity contribution < 1.29 is 0 Å². The van der Waals surface area contributed by atoms with Crippen LogP contribution in [0.5, 0.6) is 0 Å². The van der Waals surface area contributed by atoms with Crippen molar-refractivity contribution in [3.63, 3.8) is 0 Å². The third-order valence-electron chi connectivity index (χ3n) is 2.53. The fraction of sp³-hybridized carbons (Fsp3) is 0.0833. The molecule has 0 spiro atoms. The average molecular weight is 225 g/mol. The molecule has 3 aromatic rings. The lowest BCUT2D eigenvalue weighted by molar-refractivity contribution is 0.928. The molecule has 0 bridgehead atoms. The van der Waals surface area contributed by atoms with Gasteiger partial charge in [0.2, 0.25) is 0 Å². The van der Waals surface area contributed by atoms with Crippen LogP contribution in [0, 0.1) is 0 Å². The molecule has 0 aliphatic heterocycles. The molecule has 0 radical (unpaired) electrons. The Kier molecular flexibility index (Phi) is 2.22. The van der Waals surface area contributed by atoms with Crippen molar-refractivity contribution in [3.05, 3.63) is 43.0 Å². The molecule has 5 nitrogen and oxygen atoms in total. The number of para-hydroxylation sites is 1. The van der Waals surface area contributed by atoms with Crippen molar-refractivity contribution in [1.82, 2.24) is 19.5 Å². The Balaban J connectivity index is 2.06. The van der Waals surface area contributed by atoms with Crippen molar-refractivity contribution in [2.75, 3.05) is 5.32 Å². The zero-order chi connectivity index (χ0) is 11.7. The van der Waals surface area contributed by atoms with Crippen LogP contribution >= 0.6 is 0 Å². The van der Waals surface area contributed by atoms with Crippen LogP contribution in [0.1, 0.15) is 0 Å². The lowest BCUT2D eigenvalue weighted by Gasteiger charge is -2.05. The maximum absolute atomic E-state index is 4.29. The topological polar surface area (TPSA) is 55.6 Å². The van der Waals surface area contributed by atoms with Gasteiger partial charge in [0, 0.05) is 12.7 Å². The van der Waals surface area contributed by atoms with Gasteiger partial charge in [0.05, 0.1) is 6.33 Å². The van der Waals surface area contributed by atoms with E-state index < -0.39 is 0 Å². The summed E-state index contributed by atoms with van der Waals surface area (Å²) in [5.74, 6) is 0.724. The normalized spacial score (nSPS) is 10.6. The standard InChI is InChI=1S/C12H11N5/c1-17-8-15-10-11(13-7-14-12(10)17)16-9-5-3-2-4-6-9/h2-8H,1H3,(H,13,14,16). The molecule has 0 amide bonds. The lowest BCUT2D eigenvalue weighted by Crippen LogP contribution is -1.96. The number of nitrogens with zero attached hydrogens (tertiary/aromatic N) is 4. The van der Waals surface area contributed by atoms with Crippen molar-refractivity contribution >= 4 is 22.7 Å². The molecule has 0 aliphatic carbocycles. The summed E-state index contributed by atoms with van der Waals surface area (Å²) in [5.41, 5.74) is 2.58. The van der Waals surface area contributed by atoms with Gasteiger partial charge in [0.1, 0.15) is 6.33 Å². The molecule has 0 unspecified atom stereocenters. The molecule has 3 rings (SSSR count). The smallest absolute Gasteiger partial charge is 0.165 e. The summed E-state index contributed by atoms with van der Waals surface area (Å²) in [6, 6.07) is 9.88. The summed E-state index contributed by atoms with van der Waals surface area (Å²) in [6.45, 7) is 0. The van der Waals surface area contributed by atoms with Crippen LogP contribution in [0.25, 0.3) is 11.2 Å². The fourth-order valence-electron chi connectivity index (χ4n) is 1.70. The van der Waals surface area contributed by atoms with E-state index in [1.165, 1.54) is 6.33 Å². The summed E-state index contributed by atoms with van der Waals surface area (Å²) >= 11 is 0. The predicted molar refractivity (Wildman–Crippen MR) is 66.0 cm³/mol. The summed E-state index contributed by atoms with van der Waals surface area (Å²) in [6.07, 6.45) is 3.27. The third-order valence-corrected chi connectivity index (χ3v) is 2.53. The van der Waals surface area contributed by atoms with Gasteiger partial charge in [-0.1, -0.05) is 18.2 Å². The molecule has 1 aromatic carbocycles. The van der Waals surface area contributed by atoms with E-state index in [0.717, 1.165) is 22.7 Å². The van der Waals surface area contributed by atoms with Gasteiger partial charge in [0.25, 0.3) is 0 Å². The van der Waals surface area contributed by atoms with E-state index in [-0.39, 0.29) is 0 Å². The largest absolute Gasteiger partial charge is 0.338 e. The van der Waals surface area contributed by atoms with E-state index in [9.17, 15) is 0 Å². The minimum atomic E-state index is 0.724. The number of aromatic nitrogens is 4. The van der Waals surface area contributed by atoms with Gasteiger partial charge < -0.3 is 9.88 Å². The van der Waals surface area contributed by atoms with Crippen LogP contribution in [0.4, 0.5) is 11.5 Å². The minimum absolute atomic E-state index is 0.724. The number of aryl methyl sites for hydroxylation is 1. The van der Waals surface area contributed by atoms with E-state index in [1.807, 2.05) is 41.9 Å². The first kappa shape index (κ1) is 9.77. The van der Waals surface area contributed by atoms with Gasteiger partial charge in [-0.25, -0.2) is 15.0 Å². The minimum Gasteiger partial charge on any atom is -0.338 e. The highest BCUT2D eigenvalue weighted by Crippen LogP contribution is 2.20.